The van der Waals surface area contributed by atoms with Crippen LogP contribution in [0.1, 0.15) is 213 Å². The Morgan fingerprint density at radius 3 is 1.27 bits per heavy atom. The lowest BCUT2D eigenvalue weighted by Crippen LogP contribution is -2.66. The number of ether oxygens (including phenoxy) is 6. The van der Waals surface area contributed by atoms with E-state index >= 15 is 0 Å². The van der Waals surface area contributed by atoms with Crippen molar-refractivity contribution in [1.82, 2.24) is 5.32 Å². The maximum atomic E-state index is 13.4. The predicted octanol–water partition coefficient (Wildman–Crippen LogP) is 7.77. The van der Waals surface area contributed by atoms with Crippen LogP contribution in [-0.2, 0) is 33.2 Å². The minimum absolute atomic E-state index is 0.214. The molecule has 86 heavy (non-hydrogen) atoms. The van der Waals surface area contributed by atoms with Crippen molar-refractivity contribution in [3.05, 3.63) is 72.9 Å². The smallest absolute Gasteiger partial charge is 0.220 e. The number of unbranched alkanes of at least 4 members (excludes halogenated alkanes) is 23. The Hall–Kier alpha value is -2.77. The van der Waals surface area contributed by atoms with E-state index in [1.807, 2.05) is 6.08 Å². The first-order chi connectivity index (χ1) is 41.8. The van der Waals surface area contributed by atoms with Crippen LogP contribution in [0.2, 0.25) is 0 Å². The lowest BCUT2D eigenvalue weighted by atomic mass is 9.96. The van der Waals surface area contributed by atoms with E-state index in [0.717, 1.165) is 83.5 Å². The number of allylic oxidation sites excluding steroid dienone is 11. The molecule has 0 aromatic rings. The summed E-state index contributed by atoms with van der Waals surface area (Å²) in [6, 6.07) is -1.01. The van der Waals surface area contributed by atoms with Crippen molar-refractivity contribution in [2.75, 3.05) is 26.4 Å². The van der Waals surface area contributed by atoms with Crippen LogP contribution in [0.15, 0.2) is 72.9 Å². The van der Waals surface area contributed by atoms with Crippen molar-refractivity contribution in [1.29, 1.82) is 0 Å². The third-order valence-electron chi connectivity index (χ3n) is 16.2. The van der Waals surface area contributed by atoms with Crippen LogP contribution >= 0.6 is 0 Å². The summed E-state index contributed by atoms with van der Waals surface area (Å²) < 4.78 is 34.3. The van der Waals surface area contributed by atoms with E-state index in [1.165, 1.54) is 96.3 Å². The first kappa shape index (κ1) is 77.5. The summed E-state index contributed by atoms with van der Waals surface area (Å²) in [4.78, 5) is 13.4. The van der Waals surface area contributed by atoms with Gasteiger partial charge >= 0.3 is 0 Å². The molecule has 19 nitrogen and oxygen atoms in total. The Balaban J connectivity index is 1.49. The third kappa shape index (κ3) is 31.3. The molecule has 0 aromatic heterocycles. The molecule has 0 aromatic carbocycles. The van der Waals surface area contributed by atoms with Gasteiger partial charge in [-0.3, -0.25) is 4.79 Å². The highest BCUT2D eigenvalue weighted by Crippen LogP contribution is 2.33. The van der Waals surface area contributed by atoms with E-state index in [0.29, 0.717) is 12.8 Å². The summed E-state index contributed by atoms with van der Waals surface area (Å²) in [7, 11) is 0. The van der Waals surface area contributed by atoms with Gasteiger partial charge in [-0.15, -0.1) is 0 Å². The molecule has 19 heteroatoms. The molecule has 0 radical (unpaired) electrons. The number of amides is 1. The molecule has 17 atom stereocenters. The van der Waals surface area contributed by atoms with Crippen molar-refractivity contribution < 1.29 is 89.4 Å². The van der Waals surface area contributed by atoms with Crippen LogP contribution in [0.25, 0.3) is 0 Å². The van der Waals surface area contributed by atoms with Crippen LogP contribution in [0, 0.1) is 0 Å². The number of hydrogen-bond donors (Lipinski definition) is 12. The number of hydrogen-bond acceptors (Lipinski definition) is 18. The Kier molecular flexibility index (Phi) is 44.1. The highest BCUT2D eigenvalue weighted by Gasteiger charge is 2.53. The maximum absolute atomic E-state index is 13.4. The van der Waals surface area contributed by atoms with Crippen LogP contribution in [0.5, 0.6) is 0 Å². The summed E-state index contributed by atoms with van der Waals surface area (Å²) in [6.45, 7) is 1.66. The molecule has 3 heterocycles. The Labute approximate surface area is 515 Å². The van der Waals surface area contributed by atoms with E-state index in [-0.39, 0.29) is 18.9 Å². The van der Waals surface area contributed by atoms with Gasteiger partial charge in [0.25, 0.3) is 0 Å². The molecule has 17 unspecified atom stereocenters. The lowest BCUT2D eigenvalue weighted by molar-refractivity contribution is -0.379. The number of rotatable bonds is 49. The fourth-order valence-corrected chi connectivity index (χ4v) is 10.8. The highest BCUT2D eigenvalue weighted by molar-refractivity contribution is 5.76. The average molecular weight is 1220 g/mol. The van der Waals surface area contributed by atoms with E-state index < -0.39 is 124 Å². The van der Waals surface area contributed by atoms with E-state index in [4.69, 9.17) is 28.4 Å². The fraction of sp³-hybridized carbons (Fsp3) is 0.806. The van der Waals surface area contributed by atoms with Gasteiger partial charge < -0.3 is 89.9 Å². The molecule has 0 aliphatic carbocycles. The summed E-state index contributed by atoms with van der Waals surface area (Å²) in [6.07, 6.45) is 33.0. The van der Waals surface area contributed by atoms with Gasteiger partial charge in [0.15, 0.2) is 18.9 Å². The standard InChI is InChI=1S/C67H117NO18/c1-3-5-7-9-11-13-15-17-19-21-23-24-25-27-28-30-32-34-36-38-40-42-44-51(72)50(68-55(73)45-43-41-39-37-35-33-31-29-26-22-20-18-16-14-12-10-8-6-4-2)49-81-65-61(79)58(76)63(53(47-70)83-65)86-67-62(80)59(77)64(54(48-71)84-67)85-66-60(78)57(75)56(74)52(46-69)82-66/h12,14,18,20,26-29,34,36,42,44,50-54,56-67,69-72,74-80H,3-11,13,15-17,19,21-25,30-33,35,37-41,43,45-49H2,1-2H3,(H,68,73)/b14-12-,20-18-,28-27+,29-26-,36-34+,44-42+. The Morgan fingerprint density at radius 1 is 0.419 bits per heavy atom. The van der Waals surface area contributed by atoms with Crippen LogP contribution < -0.4 is 5.32 Å². The summed E-state index contributed by atoms with van der Waals surface area (Å²) in [5.41, 5.74) is 0. The fourth-order valence-electron chi connectivity index (χ4n) is 10.8. The summed E-state index contributed by atoms with van der Waals surface area (Å²) >= 11 is 0. The Morgan fingerprint density at radius 2 is 0.779 bits per heavy atom. The predicted molar refractivity (Wildman–Crippen MR) is 332 cm³/mol. The third-order valence-corrected chi connectivity index (χ3v) is 16.2. The van der Waals surface area contributed by atoms with Crippen molar-refractivity contribution >= 4 is 5.91 Å². The van der Waals surface area contributed by atoms with Gasteiger partial charge in [0, 0.05) is 6.42 Å². The SMILES string of the molecule is CCCCC/C=C\C/C=C\C/C=C\CCCCCCCCC(=O)NC(COC1OC(CO)C(OC2OC(CO)C(OC3OC(CO)C(O)C(O)C3O)C(O)C2O)C(O)C1O)C(O)/C=C/CC/C=C/CC/C=C/CCCCCCCCCCCCCC. The van der Waals surface area contributed by atoms with Crippen molar-refractivity contribution in [3.8, 4) is 0 Å². The molecule has 0 spiro atoms. The molecule has 0 saturated carbocycles. The van der Waals surface area contributed by atoms with Gasteiger partial charge in [0.1, 0.15) is 73.2 Å². The second-order valence-electron chi connectivity index (χ2n) is 23.6. The second kappa shape index (κ2) is 49.0. The molecule has 498 valence electrons. The van der Waals surface area contributed by atoms with Crippen molar-refractivity contribution in [2.45, 2.75) is 317 Å². The van der Waals surface area contributed by atoms with E-state index in [1.54, 1.807) is 6.08 Å². The quantitative estimate of drug-likeness (QED) is 0.0204. The number of aliphatic hydroxyl groups excluding tert-OH is 11. The molecule has 3 aliphatic rings. The monoisotopic (exact) mass is 1220 g/mol. The van der Waals surface area contributed by atoms with Gasteiger partial charge in [-0.25, -0.2) is 0 Å². The highest BCUT2D eigenvalue weighted by atomic mass is 16.8. The van der Waals surface area contributed by atoms with E-state index in [9.17, 15) is 61.0 Å². The van der Waals surface area contributed by atoms with Gasteiger partial charge in [0.05, 0.1) is 38.6 Å². The van der Waals surface area contributed by atoms with Crippen molar-refractivity contribution in [3.63, 3.8) is 0 Å². The molecule has 3 rings (SSSR count). The lowest BCUT2D eigenvalue weighted by Gasteiger charge is -2.48. The van der Waals surface area contributed by atoms with Crippen LogP contribution in [-0.4, -0.2) is 193 Å². The topological polar surface area (TPSA) is 307 Å². The molecule has 3 fully saturated rings. The zero-order chi connectivity index (χ0) is 62.6. The minimum atomic E-state index is -1.99. The van der Waals surface area contributed by atoms with Crippen molar-refractivity contribution in [2.24, 2.45) is 0 Å². The largest absolute Gasteiger partial charge is 0.394 e. The normalized spacial score (nSPS) is 29.2. The van der Waals surface area contributed by atoms with Crippen LogP contribution in [0.4, 0.5) is 0 Å². The maximum Gasteiger partial charge on any atom is 0.220 e. The molecular formula is C67H117NO18. The first-order valence-electron chi connectivity index (χ1n) is 33.2. The number of aliphatic hydroxyl groups is 11. The zero-order valence-electron chi connectivity index (χ0n) is 52.3. The van der Waals surface area contributed by atoms with Gasteiger partial charge in [0.2, 0.25) is 5.91 Å². The van der Waals surface area contributed by atoms with Gasteiger partial charge in [-0.05, 0) is 83.5 Å². The molecule has 12 N–H and O–H groups in total. The molecule has 3 aliphatic heterocycles. The molecular weight excluding hydrogens is 1110 g/mol. The molecule has 0 bridgehead atoms. The zero-order valence-corrected chi connectivity index (χ0v) is 52.3. The van der Waals surface area contributed by atoms with E-state index in [2.05, 4.69) is 79.9 Å². The van der Waals surface area contributed by atoms with Crippen LogP contribution in [0.3, 0.4) is 0 Å². The minimum Gasteiger partial charge on any atom is -0.394 e. The summed E-state index contributed by atoms with van der Waals surface area (Å²) in [5, 5.41) is 120. The first-order valence-corrected chi connectivity index (χ1v) is 33.2. The molecule has 3 saturated heterocycles. The van der Waals surface area contributed by atoms with Gasteiger partial charge in [-0.1, -0.05) is 196 Å². The molecule has 1 amide bonds. The second-order valence-corrected chi connectivity index (χ2v) is 23.6. The van der Waals surface area contributed by atoms with Gasteiger partial charge in [-0.2, -0.15) is 0 Å². The average Bonchev–Trinajstić information content (AvgIpc) is 2.80. The number of carbonyl (C=O) groups excluding carboxylic acids is 1. The number of carbonyl (C=O) groups is 1. The summed E-state index contributed by atoms with van der Waals surface area (Å²) in [5.74, 6) is -0.304. The Bertz CT molecular complexity index is 1850. The number of nitrogens with one attached hydrogen (secondary N) is 1.